The number of amides is 2. The fourth-order valence-corrected chi connectivity index (χ4v) is 3.85. The third-order valence-electron chi connectivity index (χ3n) is 5.11. The zero-order valence-electron chi connectivity index (χ0n) is 14.9. The quantitative estimate of drug-likeness (QED) is 0.870. The van der Waals surface area contributed by atoms with Crippen LogP contribution >= 0.6 is 12.4 Å². The van der Waals surface area contributed by atoms with Gasteiger partial charge in [-0.15, -0.1) is 12.4 Å². The molecule has 1 atom stereocenters. The van der Waals surface area contributed by atoms with Crippen molar-refractivity contribution in [3.8, 4) is 0 Å². The number of para-hydroxylation sites is 1. The van der Waals surface area contributed by atoms with Crippen LogP contribution in [0.15, 0.2) is 24.3 Å². The molecule has 3 rings (SSSR count). The van der Waals surface area contributed by atoms with E-state index in [1.54, 1.807) is 4.90 Å². The Labute approximate surface area is 156 Å². The molecule has 138 valence electrons. The molecule has 0 aromatic heterocycles. The minimum Gasteiger partial charge on any atom is -0.342 e. The normalized spacial score (nSPS) is 20.0. The van der Waals surface area contributed by atoms with E-state index in [-0.39, 0.29) is 24.2 Å². The Balaban J connectivity index is 0.00000225. The molecule has 6 heteroatoms. The van der Waals surface area contributed by atoms with Gasteiger partial charge in [0.05, 0.1) is 0 Å². The van der Waals surface area contributed by atoms with Crippen LogP contribution in [0, 0.1) is 5.92 Å². The second-order valence-electron chi connectivity index (χ2n) is 6.83. The first-order valence-corrected chi connectivity index (χ1v) is 8.99. The monoisotopic (exact) mass is 365 g/mol. The summed E-state index contributed by atoms with van der Waals surface area (Å²) in [5.41, 5.74) is 2.19. The largest absolute Gasteiger partial charge is 0.342 e. The molecule has 0 saturated carbocycles. The van der Waals surface area contributed by atoms with E-state index in [9.17, 15) is 9.59 Å². The minimum atomic E-state index is 0. The SMILES string of the molecule is CNCC1CCCN(C(=O)CCN2C(=O)CCc3ccccc32)C1.Cl. The zero-order valence-corrected chi connectivity index (χ0v) is 15.7. The third kappa shape index (κ3) is 4.73. The van der Waals surface area contributed by atoms with Gasteiger partial charge in [-0.3, -0.25) is 9.59 Å². The summed E-state index contributed by atoms with van der Waals surface area (Å²) >= 11 is 0. The Kier molecular flexibility index (Phi) is 7.26. The van der Waals surface area contributed by atoms with Crippen molar-refractivity contribution in [2.75, 3.05) is 38.1 Å². The van der Waals surface area contributed by atoms with Crippen LogP contribution in [0.4, 0.5) is 5.69 Å². The van der Waals surface area contributed by atoms with E-state index >= 15 is 0 Å². The molecule has 2 aliphatic heterocycles. The van der Waals surface area contributed by atoms with E-state index < -0.39 is 0 Å². The van der Waals surface area contributed by atoms with Crippen LogP contribution in [0.2, 0.25) is 0 Å². The van der Waals surface area contributed by atoms with Gasteiger partial charge in [0.2, 0.25) is 11.8 Å². The van der Waals surface area contributed by atoms with Crippen LogP contribution in [0.3, 0.4) is 0 Å². The molecule has 1 fully saturated rings. The average molecular weight is 366 g/mol. The van der Waals surface area contributed by atoms with Crippen molar-refractivity contribution in [3.05, 3.63) is 29.8 Å². The summed E-state index contributed by atoms with van der Waals surface area (Å²) in [5, 5.41) is 3.21. The van der Waals surface area contributed by atoms with Gasteiger partial charge in [0.25, 0.3) is 0 Å². The van der Waals surface area contributed by atoms with Crippen molar-refractivity contribution >= 4 is 29.9 Å². The van der Waals surface area contributed by atoms with Gasteiger partial charge in [0.15, 0.2) is 0 Å². The molecule has 0 radical (unpaired) electrons. The molecule has 1 N–H and O–H groups in total. The topological polar surface area (TPSA) is 52.7 Å². The first-order chi connectivity index (χ1) is 11.7. The number of aryl methyl sites for hydroxylation is 1. The minimum absolute atomic E-state index is 0. The second kappa shape index (κ2) is 9.20. The Morgan fingerprint density at radius 1 is 1.28 bits per heavy atom. The molecule has 2 amide bonds. The van der Waals surface area contributed by atoms with E-state index in [0.29, 0.717) is 25.3 Å². The number of fused-ring (bicyclic) bond motifs is 1. The number of benzene rings is 1. The van der Waals surface area contributed by atoms with Crippen LogP contribution in [-0.4, -0.2) is 49.9 Å². The Bertz CT molecular complexity index is 606. The lowest BCUT2D eigenvalue weighted by atomic mass is 9.97. The standard InChI is InChI=1S/C19H27N3O2.ClH/c1-20-13-15-5-4-11-21(14-15)18(23)10-12-22-17-7-3-2-6-16(17)8-9-19(22)24;/h2-3,6-7,15,20H,4-5,8-14H2,1H3;1H. The van der Waals surface area contributed by atoms with E-state index in [2.05, 4.69) is 11.4 Å². The van der Waals surface area contributed by atoms with Crippen molar-refractivity contribution in [2.24, 2.45) is 5.92 Å². The molecule has 2 heterocycles. The van der Waals surface area contributed by atoms with Gasteiger partial charge >= 0.3 is 0 Å². The van der Waals surface area contributed by atoms with Crippen molar-refractivity contribution in [1.82, 2.24) is 10.2 Å². The van der Waals surface area contributed by atoms with Gasteiger partial charge in [-0.1, -0.05) is 18.2 Å². The van der Waals surface area contributed by atoms with E-state index in [1.165, 1.54) is 12.0 Å². The fourth-order valence-electron chi connectivity index (χ4n) is 3.85. The van der Waals surface area contributed by atoms with Crippen LogP contribution in [0.1, 0.15) is 31.2 Å². The predicted molar refractivity (Wildman–Crippen MR) is 102 cm³/mol. The van der Waals surface area contributed by atoms with Gasteiger partial charge in [-0.2, -0.15) is 0 Å². The summed E-state index contributed by atoms with van der Waals surface area (Å²) in [6, 6.07) is 8.02. The molecule has 2 aliphatic rings. The first kappa shape index (κ1) is 19.7. The van der Waals surface area contributed by atoms with Crippen LogP contribution in [0.25, 0.3) is 0 Å². The van der Waals surface area contributed by atoms with Crippen LogP contribution in [0.5, 0.6) is 0 Å². The molecule has 1 aromatic rings. The van der Waals surface area contributed by atoms with Crippen molar-refractivity contribution in [1.29, 1.82) is 0 Å². The number of hydrogen-bond acceptors (Lipinski definition) is 3. The lowest BCUT2D eigenvalue weighted by Gasteiger charge is -2.34. The number of nitrogens with one attached hydrogen (secondary N) is 1. The molecule has 0 aliphatic carbocycles. The summed E-state index contributed by atoms with van der Waals surface area (Å²) in [5.74, 6) is 0.852. The third-order valence-corrected chi connectivity index (χ3v) is 5.11. The van der Waals surface area contributed by atoms with Gasteiger partial charge in [-0.05, 0) is 50.4 Å². The molecule has 25 heavy (non-hydrogen) atoms. The highest BCUT2D eigenvalue weighted by molar-refractivity contribution is 5.97. The fraction of sp³-hybridized carbons (Fsp3) is 0.579. The van der Waals surface area contributed by atoms with E-state index in [4.69, 9.17) is 0 Å². The number of hydrogen-bond donors (Lipinski definition) is 1. The summed E-state index contributed by atoms with van der Waals surface area (Å²) in [6.07, 6.45) is 4.01. The second-order valence-corrected chi connectivity index (χ2v) is 6.83. The number of likely N-dealkylation sites (tertiary alicyclic amines) is 1. The Morgan fingerprint density at radius 3 is 2.88 bits per heavy atom. The highest BCUT2D eigenvalue weighted by atomic mass is 35.5. The molecule has 0 spiro atoms. The van der Waals surface area contributed by atoms with Crippen molar-refractivity contribution in [2.45, 2.75) is 32.1 Å². The zero-order chi connectivity index (χ0) is 16.9. The summed E-state index contributed by atoms with van der Waals surface area (Å²) in [6.45, 7) is 3.14. The number of carbonyl (C=O) groups is 2. The van der Waals surface area contributed by atoms with Crippen molar-refractivity contribution in [3.63, 3.8) is 0 Å². The van der Waals surface area contributed by atoms with Gasteiger partial charge in [-0.25, -0.2) is 0 Å². The molecular weight excluding hydrogens is 338 g/mol. The number of carbonyl (C=O) groups excluding carboxylic acids is 2. The highest BCUT2D eigenvalue weighted by Crippen LogP contribution is 2.27. The average Bonchev–Trinajstić information content (AvgIpc) is 2.61. The number of halogens is 1. The molecule has 1 unspecified atom stereocenters. The Hall–Kier alpha value is -1.59. The smallest absolute Gasteiger partial charge is 0.227 e. The summed E-state index contributed by atoms with van der Waals surface area (Å²) in [4.78, 5) is 28.6. The lowest BCUT2D eigenvalue weighted by Crippen LogP contribution is -2.44. The van der Waals surface area contributed by atoms with Gasteiger partial charge < -0.3 is 15.1 Å². The maximum absolute atomic E-state index is 12.6. The van der Waals surface area contributed by atoms with E-state index in [1.807, 2.05) is 30.1 Å². The molecule has 0 bridgehead atoms. The van der Waals surface area contributed by atoms with Crippen LogP contribution in [-0.2, 0) is 16.0 Å². The number of piperidine rings is 1. The number of anilines is 1. The van der Waals surface area contributed by atoms with Gasteiger partial charge in [0.1, 0.15) is 0 Å². The molecular formula is C19H28ClN3O2. The Morgan fingerprint density at radius 2 is 2.08 bits per heavy atom. The maximum atomic E-state index is 12.6. The first-order valence-electron chi connectivity index (χ1n) is 8.99. The molecule has 1 saturated heterocycles. The predicted octanol–water partition coefficient (Wildman–Crippen LogP) is 2.24. The number of nitrogens with zero attached hydrogens (tertiary/aromatic N) is 2. The van der Waals surface area contributed by atoms with E-state index in [0.717, 1.165) is 38.2 Å². The van der Waals surface area contributed by atoms with Crippen LogP contribution < -0.4 is 10.2 Å². The molecule has 5 nitrogen and oxygen atoms in total. The molecule has 1 aromatic carbocycles. The highest BCUT2D eigenvalue weighted by Gasteiger charge is 2.27. The van der Waals surface area contributed by atoms with Gasteiger partial charge in [0, 0.05) is 38.2 Å². The number of rotatable bonds is 5. The summed E-state index contributed by atoms with van der Waals surface area (Å²) in [7, 11) is 1.96. The summed E-state index contributed by atoms with van der Waals surface area (Å²) < 4.78 is 0. The maximum Gasteiger partial charge on any atom is 0.227 e. The lowest BCUT2D eigenvalue weighted by molar-refractivity contribution is -0.132. The van der Waals surface area contributed by atoms with Crippen molar-refractivity contribution < 1.29 is 9.59 Å².